The van der Waals surface area contributed by atoms with Crippen LogP contribution in [0, 0.1) is 6.92 Å². The summed E-state index contributed by atoms with van der Waals surface area (Å²) < 4.78 is 46.4. The molecule has 0 unspecified atom stereocenters. The zero-order chi connectivity index (χ0) is 23.8. The number of nitrogens with one attached hydrogen (secondary N) is 1. The van der Waals surface area contributed by atoms with Crippen molar-refractivity contribution in [3.05, 3.63) is 77.2 Å². The van der Waals surface area contributed by atoms with Gasteiger partial charge in [-0.3, -0.25) is 4.79 Å². The SMILES string of the molecule is COC(=O)c1ccccc1NC(=O)c1nc2nc(-c3ccc(C)cc3)cc(C(F)(F)F)n2n1. The van der Waals surface area contributed by atoms with E-state index in [4.69, 9.17) is 0 Å². The van der Waals surface area contributed by atoms with E-state index >= 15 is 0 Å². The van der Waals surface area contributed by atoms with Crippen molar-refractivity contribution in [1.29, 1.82) is 0 Å². The molecule has 4 rings (SSSR count). The van der Waals surface area contributed by atoms with Crippen LogP contribution in [-0.2, 0) is 10.9 Å². The molecule has 11 heteroatoms. The van der Waals surface area contributed by atoms with Gasteiger partial charge in [-0.25, -0.2) is 9.78 Å². The highest BCUT2D eigenvalue weighted by Crippen LogP contribution is 2.32. The van der Waals surface area contributed by atoms with Gasteiger partial charge in [0, 0.05) is 5.56 Å². The van der Waals surface area contributed by atoms with Crippen molar-refractivity contribution < 1.29 is 27.5 Å². The second kappa shape index (κ2) is 8.34. The minimum Gasteiger partial charge on any atom is -0.465 e. The molecule has 0 bridgehead atoms. The predicted octanol–water partition coefficient (Wildman–Crippen LogP) is 4.16. The molecule has 2 aromatic heterocycles. The maximum atomic E-state index is 13.7. The molecular weight excluding hydrogens is 439 g/mol. The molecule has 4 aromatic rings. The first-order valence-corrected chi connectivity index (χ1v) is 9.58. The summed E-state index contributed by atoms with van der Waals surface area (Å²) in [5.41, 5.74) is 0.444. The molecule has 1 N–H and O–H groups in total. The third-order valence-corrected chi connectivity index (χ3v) is 4.73. The molecule has 2 heterocycles. The second-order valence-corrected chi connectivity index (χ2v) is 7.03. The van der Waals surface area contributed by atoms with Gasteiger partial charge in [-0.05, 0) is 25.1 Å². The van der Waals surface area contributed by atoms with Crippen molar-refractivity contribution in [3.63, 3.8) is 0 Å². The van der Waals surface area contributed by atoms with E-state index < -0.39 is 35.3 Å². The van der Waals surface area contributed by atoms with Crippen molar-refractivity contribution in [3.8, 4) is 11.3 Å². The van der Waals surface area contributed by atoms with Crippen LogP contribution < -0.4 is 5.32 Å². The molecule has 8 nitrogen and oxygen atoms in total. The summed E-state index contributed by atoms with van der Waals surface area (Å²) >= 11 is 0. The van der Waals surface area contributed by atoms with Crippen LogP contribution in [-0.4, -0.2) is 38.6 Å². The van der Waals surface area contributed by atoms with E-state index in [-0.39, 0.29) is 16.9 Å². The van der Waals surface area contributed by atoms with Gasteiger partial charge in [-0.15, -0.1) is 5.10 Å². The summed E-state index contributed by atoms with van der Waals surface area (Å²) in [6, 6.07) is 13.6. The highest BCUT2D eigenvalue weighted by molar-refractivity contribution is 6.06. The molecule has 0 radical (unpaired) electrons. The maximum absolute atomic E-state index is 13.7. The summed E-state index contributed by atoms with van der Waals surface area (Å²) in [7, 11) is 1.18. The number of ether oxygens (including phenoxy) is 1. The lowest BCUT2D eigenvalue weighted by Gasteiger charge is -2.10. The Morgan fingerprint density at radius 1 is 1.03 bits per heavy atom. The lowest BCUT2D eigenvalue weighted by atomic mass is 10.1. The Morgan fingerprint density at radius 2 is 1.73 bits per heavy atom. The Morgan fingerprint density at radius 3 is 2.39 bits per heavy atom. The number of amides is 1. The number of rotatable bonds is 4. The number of hydrogen-bond donors (Lipinski definition) is 1. The Balaban J connectivity index is 1.77. The molecule has 0 atom stereocenters. The first kappa shape index (κ1) is 21.9. The van der Waals surface area contributed by atoms with Crippen molar-refractivity contribution >= 4 is 23.3 Å². The standard InChI is InChI=1S/C22H16F3N5O3/c1-12-7-9-13(10-8-12)16-11-17(22(23,24)25)30-21(27-16)28-18(29-30)19(31)26-15-6-4-3-5-14(15)20(32)33-2/h3-11H,1-2H3,(H,26,31). The van der Waals surface area contributed by atoms with Crippen molar-refractivity contribution in [2.75, 3.05) is 12.4 Å². The zero-order valence-electron chi connectivity index (χ0n) is 17.3. The second-order valence-electron chi connectivity index (χ2n) is 7.03. The van der Waals surface area contributed by atoms with Crippen molar-refractivity contribution in [1.82, 2.24) is 19.6 Å². The Bertz CT molecular complexity index is 1360. The van der Waals surface area contributed by atoms with E-state index in [1.165, 1.54) is 19.2 Å². The van der Waals surface area contributed by atoms with E-state index in [0.29, 0.717) is 10.1 Å². The molecule has 1 amide bonds. The number of esters is 1. The van der Waals surface area contributed by atoms with Crippen LogP contribution >= 0.6 is 0 Å². The van der Waals surface area contributed by atoms with E-state index in [2.05, 4.69) is 25.1 Å². The average molecular weight is 455 g/mol. The molecule has 0 aliphatic heterocycles. The number of carbonyl (C=O) groups is 2. The van der Waals surface area contributed by atoms with Gasteiger partial charge in [0.05, 0.1) is 24.1 Å². The molecule has 0 saturated carbocycles. The number of anilines is 1. The number of carbonyl (C=O) groups excluding carboxylic acids is 2. The number of para-hydroxylation sites is 1. The fourth-order valence-corrected chi connectivity index (χ4v) is 3.10. The molecule has 0 aliphatic carbocycles. The lowest BCUT2D eigenvalue weighted by Crippen LogP contribution is -2.17. The number of benzene rings is 2. The summed E-state index contributed by atoms with van der Waals surface area (Å²) in [6.07, 6.45) is -4.78. The molecule has 0 saturated heterocycles. The van der Waals surface area contributed by atoms with Gasteiger partial charge < -0.3 is 10.1 Å². The number of alkyl halides is 3. The van der Waals surface area contributed by atoms with Gasteiger partial charge in [0.15, 0.2) is 5.69 Å². The van der Waals surface area contributed by atoms with Crippen LogP contribution in [0.25, 0.3) is 17.0 Å². The highest BCUT2D eigenvalue weighted by Gasteiger charge is 2.36. The lowest BCUT2D eigenvalue weighted by molar-refractivity contribution is -0.142. The minimum absolute atomic E-state index is 0.0326. The van der Waals surface area contributed by atoms with E-state index in [0.717, 1.165) is 11.6 Å². The number of halogens is 3. The minimum atomic E-state index is -4.78. The highest BCUT2D eigenvalue weighted by atomic mass is 19.4. The molecule has 33 heavy (non-hydrogen) atoms. The number of hydrogen-bond acceptors (Lipinski definition) is 6. The number of methoxy groups -OCH3 is 1. The third-order valence-electron chi connectivity index (χ3n) is 4.73. The molecule has 0 aliphatic rings. The first-order valence-electron chi connectivity index (χ1n) is 9.58. The van der Waals surface area contributed by atoms with E-state index in [1.807, 2.05) is 6.92 Å². The topological polar surface area (TPSA) is 98.5 Å². The monoisotopic (exact) mass is 455 g/mol. The molecular formula is C22H16F3N5O3. The number of nitrogens with zero attached hydrogens (tertiary/aromatic N) is 4. The summed E-state index contributed by atoms with van der Waals surface area (Å²) in [5.74, 6) is -2.56. The predicted molar refractivity (Wildman–Crippen MR) is 112 cm³/mol. The van der Waals surface area contributed by atoms with Crippen LogP contribution in [0.15, 0.2) is 54.6 Å². The first-order chi connectivity index (χ1) is 15.7. The number of aromatic nitrogens is 4. The van der Waals surface area contributed by atoms with Crippen LogP contribution in [0.4, 0.5) is 18.9 Å². The van der Waals surface area contributed by atoms with Gasteiger partial charge >= 0.3 is 12.1 Å². The maximum Gasteiger partial charge on any atom is 0.433 e. The summed E-state index contributed by atoms with van der Waals surface area (Å²) in [5, 5.41) is 6.14. The Labute approximate surface area is 185 Å². The third kappa shape index (κ3) is 4.38. The van der Waals surface area contributed by atoms with Gasteiger partial charge in [0.25, 0.3) is 11.7 Å². The van der Waals surface area contributed by atoms with Crippen LogP contribution in [0.1, 0.15) is 32.2 Å². The number of fused-ring (bicyclic) bond motifs is 1. The van der Waals surface area contributed by atoms with Gasteiger partial charge in [0.2, 0.25) is 5.82 Å². The fourth-order valence-electron chi connectivity index (χ4n) is 3.10. The van der Waals surface area contributed by atoms with Gasteiger partial charge in [-0.2, -0.15) is 22.7 Å². The van der Waals surface area contributed by atoms with E-state index in [9.17, 15) is 22.8 Å². The van der Waals surface area contributed by atoms with Crippen molar-refractivity contribution in [2.45, 2.75) is 13.1 Å². The van der Waals surface area contributed by atoms with Crippen LogP contribution in [0.2, 0.25) is 0 Å². The largest absolute Gasteiger partial charge is 0.465 e. The van der Waals surface area contributed by atoms with Gasteiger partial charge in [-0.1, -0.05) is 42.0 Å². The molecule has 0 spiro atoms. The van der Waals surface area contributed by atoms with Crippen LogP contribution in [0.3, 0.4) is 0 Å². The molecule has 168 valence electrons. The normalized spacial score (nSPS) is 11.4. The summed E-state index contributed by atoms with van der Waals surface area (Å²) in [6.45, 7) is 1.85. The average Bonchev–Trinajstić information content (AvgIpc) is 3.22. The Kier molecular flexibility index (Phi) is 5.54. The fraction of sp³-hybridized carbons (Fsp3) is 0.136. The Hall–Kier alpha value is -4.28. The molecule has 2 aromatic carbocycles. The quantitative estimate of drug-likeness (QED) is 0.464. The van der Waals surface area contributed by atoms with Crippen molar-refractivity contribution in [2.24, 2.45) is 0 Å². The van der Waals surface area contributed by atoms with Crippen LogP contribution in [0.5, 0.6) is 0 Å². The number of aryl methyl sites for hydroxylation is 1. The smallest absolute Gasteiger partial charge is 0.433 e. The summed E-state index contributed by atoms with van der Waals surface area (Å²) in [4.78, 5) is 32.6. The molecule has 0 fully saturated rings. The van der Waals surface area contributed by atoms with Gasteiger partial charge in [0.1, 0.15) is 0 Å². The zero-order valence-corrected chi connectivity index (χ0v) is 17.3. The van der Waals surface area contributed by atoms with E-state index in [1.54, 1.807) is 36.4 Å².